The molecule has 0 radical (unpaired) electrons. The minimum atomic E-state index is -0.810. The smallest absolute Gasteiger partial charge is 0.320 e. The number of hydrogen-bond acceptors (Lipinski definition) is 5. The van der Waals surface area contributed by atoms with E-state index in [0.717, 1.165) is 36.3 Å². The molecule has 2 heterocycles. The van der Waals surface area contributed by atoms with Gasteiger partial charge >= 0.3 is 5.97 Å². The normalized spacial score (nSPS) is 27.0. The standard InChI is InChI=1S/C17H25N3O3S/c1-3-12-10(2)24-17(18-12)19-15(21)9-20-13-7-5-4-6-11(13)8-14(20)16(22)23/h11,13-14H,3-9H2,1-2H3,(H,22,23)(H,18,19,21). The third-order valence-electron chi connectivity index (χ3n) is 5.31. The number of hydrogen-bond donors (Lipinski definition) is 2. The van der Waals surface area contributed by atoms with E-state index in [1.165, 1.54) is 17.8 Å². The Morgan fingerprint density at radius 2 is 2.12 bits per heavy atom. The molecular formula is C17H25N3O3S. The van der Waals surface area contributed by atoms with Crippen LogP contribution in [0.4, 0.5) is 5.13 Å². The summed E-state index contributed by atoms with van der Waals surface area (Å²) in [6.45, 7) is 4.18. The van der Waals surface area contributed by atoms with Crippen LogP contribution in [0.15, 0.2) is 0 Å². The van der Waals surface area contributed by atoms with E-state index < -0.39 is 12.0 Å². The fourth-order valence-corrected chi connectivity index (χ4v) is 5.08. The number of nitrogens with zero attached hydrogens (tertiary/aromatic N) is 2. The van der Waals surface area contributed by atoms with Crippen molar-refractivity contribution in [3.8, 4) is 0 Å². The van der Waals surface area contributed by atoms with Crippen LogP contribution in [0.2, 0.25) is 0 Å². The maximum atomic E-state index is 12.4. The molecule has 132 valence electrons. The zero-order chi connectivity index (χ0) is 17.3. The number of aromatic nitrogens is 1. The SMILES string of the molecule is CCc1nc(NC(=O)CN2C(C(=O)O)CC3CCCCC32)sc1C. The molecule has 2 aliphatic rings. The first-order chi connectivity index (χ1) is 11.5. The number of thiazole rings is 1. The van der Waals surface area contributed by atoms with Gasteiger partial charge in [-0.05, 0) is 38.5 Å². The van der Waals surface area contributed by atoms with Crippen LogP contribution in [-0.2, 0) is 16.0 Å². The summed E-state index contributed by atoms with van der Waals surface area (Å²) in [6.07, 6.45) is 5.89. The number of likely N-dealkylation sites (tertiary alicyclic amines) is 1. The van der Waals surface area contributed by atoms with Crippen molar-refractivity contribution in [2.24, 2.45) is 5.92 Å². The lowest BCUT2D eigenvalue weighted by Gasteiger charge is -2.32. The molecule has 0 bridgehead atoms. The second-order valence-corrected chi connectivity index (χ2v) is 8.00. The van der Waals surface area contributed by atoms with Crippen molar-refractivity contribution in [3.05, 3.63) is 10.6 Å². The summed E-state index contributed by atoms with van der Waals surface area (Å²) in [5.74, 6) is -0.555. The van der Waals surface area contributed by atoms with Crippen LogP contribution in [0.1, 0.15) is 49.6 Å². The maximum absolute atomic E-state index is 12.4. The van der Waals surface area contributed by atoms with E-state index in [2.05, 4.69) is 10.3 Å². The minimum absolute atomic E-state index is 0.137. The topological polar surface area (TPSA) is 82.5 Å². The zero-order valence-electron chi connectivity index (χ0n) is 14.2. The van der Waals surface area contributed by atoms with Crippen LogP contribution in [-0.4, -0.2) is 45.5 Å². The highest BCUT2D eigenvalue weighted by Gasteiger charge is 2.45. The molecule has 3 rings (SSSR count). The van der Waals surface area contributed by atoms with E-state index in [-0.39, 0.29) is 18.5 Å². The molecule has 3 unspecified atom stereocenters. The van der Waals surface area contributed by atoms with Crippen LogP contribution in [0, 0.1) is 12.8 Å². The summed E-state index contributed by atoms with van der Waals surface area (Å²) < 4.78 is 0. The Morgan fingerprint density at radius 3 is 2.79 bits per heavy atom. The highest BCUT2D eigenvalue weighted by atomic mass is 32.1. The first-order valence-corrected chi connectivity index (χ1v) is 9.56. The Labute approximate surface area is 146 Å². The number of anilines is 1. The lowest BCUT2D eigenvalue weighted by molar-refractivity contribution is -0.143. The minimum Gasteiger partial charge on any atom is -0.480 e. The maximum Gasteiger partial charge on any atom is 0.320 e. The van der Waals surface area contributed by atoms with Gasteiger partial charge in [-0.1, -0.05) is 19.8 Å². The van der Waals surface area contributed by atoms with Crippen molar-refractivity contribution >= 4 is 28.3 Å². The second kappa shape index (κ2) is 7.19. The summed E-state index contributed by atoms with van der Waals surface area (Å²) in [5, 5.41) is 13.0. The van der Waals surface area contributed by atoms with E-state index in [9.17, 15) is 14.7 Å². The number of aliphatic carboxylic acids is 1. The first-order valence-electron chi connectivity index (χ1n) is 8.74. The molecule has 0 spiro atoms. The summed E-state index contributed by atoms with van der Waals surface area (Å²) in [4.78, 5) is 31.5. The Hall–Kier alpha value is -1.47. The predicted octanol–water partition coefficient (Wildman–Crippen LogP) is 2.67. The molecule has 7 heteroatoms. The zero-order valence-corrected chi connectivity index (χ0v) is 15.1. The van der Waals surface area contributed by atoms with Gasteiger partial charge in [-0.3, -0.25) is 14.5 Å². The van der Waals surface area contributed by atoms with Gasteiger partial charge in [0.15, 0.2) is 5.13 Å². The molecule has 1 aliphatic carbocycles. The molecule has 1 aromatic heterocycles. The van der Waals surface area contributed by atoms with Gasteiger partial charge in [0, 0.05) is 10.9 Å². The van der Waals surface area contributed by atoms with Gasteiger partial charge in [0.2, 0.25) is 5.91 Å². The van der Waals surface area contributed by atoms with Crippen LogP contribution in [0.3, 0.4) is 0 Å². The molecule has 1 saturated carbocycles. The number of aryl methyl sites for hydroxylation is 2. The lowest BCUT2D eigenvalue weighted by atomic mass is 9.85. The largest absolute Gasteiger partial charge is 0.480 e. The third-order valence-corrected chi connectivity index (χ3v) is 6.23. The number of carboxylic acid groups (broad SMARTS) is 1. The number of rotatable bonds is 5. The molecule has 2 N–H and O–H groups in total. The Kier molecular flexibility index (Phi) is 5.20. The van der Waals surface area contributed by atoms with Crippen LogP contribution in [0.25, 0.3) is 0 Å². The van der Waals surface area contributed by atoms with E-state index >= 15 is 0 Å². The summed E-state index contributed by atoms with van der Waals surface area (Å²) in [5.41, 5.74) is 1.01. The molecule has 1 aromatic rings. The number of carbonyl (C=O) groups is 2. The monoisotopic (exact) mass is 351 g/mol. The van der Waals surface area contributed by atoms with Crippen molar-refractivity contribution in [2.75, 3.05) is 11.9 Å². The van der Waals surface area contributed by atoms with E-state index in [1.807, 2.05) is 18.7 Å². The molecule has 1 aliphatic heterocycles. The van der Waals surface area contributed by atoms with E-state index in [0.29, 0.717) is 17.5 Å². The second-order valence-electron chi connectivity index (χ2n) is 6.80. The number of amides is 1. The Morgan fingerprint density at radius 1 is 1.38 bits per heavy atom. The van der Waals surface area contributed by atoms with Crippen LogP contribution < -0.4 is 5.32 Å². The Bertz CT molecular complexity index is 631. The first kappa shape index (κ1) is 17.4. The van der Waals surface area contributed by atoms with Crippen molar-refractivity contribution in [1.29, 1.82) is 0 Å². The molecule has 1 saturated heterocycles. The molecule has 6 nitrogen and oxygen atoms in total. The quantitative estimate of drug-likeness (QED) is 0.852. The van der Waals surface area contributed by atoms with Crippen LogP contribution >= 0.6 is 11.3 Å². The molecule has 2 fully saturated rings. The van der Waals surface area contributed by atoms with Crippen molar-refractivity contribution in [2.45, 2.75) is 64.5 Å². The number of fused-ring (bicyclic) bond motifs is 1. The van der Waals surface area contributed by atoms with E-state index in [4.69, 9.17) is 0 Å². The molecule has 3 atom stereocenters. The number of carboxylic acids is 1. The van der Waals surface area contributed by atoms with Crippen molar-refractivity contribution in [1.82, 2.24) is 9.88 Å². The molecule has 1 amide bonds. The van der Waals surface area contributed by atoms with Crippen molar-refractivity contribution < 1.29 is 14.7 Å². The predicted molar refractivity (Wildman–Crippen MR) is 93.4 cm³/mol. The fraction of sp³-hybridized carbons (Fsp3) is 0.706. The lowest BCUT2D eigenvalue weighted by Crippen LogP contribution is -2.46. The summed E-state index contributed by atoms with van der Waals surface area (Å²) in [7, 11) is 0. The van der Waals surface area contributed by atoms with Gasteiger partial charge < -0.3 is 10.4 Å². The average molecular weight is 351 g/mol. The van der Waals surface area contributed by atoms with E-state index in [1.54, 1.807) is 0 Å². The highest BCUT2D eigenvalue weighted by Crippen LogP contribution is 2.39. The van der Waals surface area contributed by atoms with Gasteiger partial charge in [-0.25, -0.2) is 4.98 Å². The molecular weight excluding hydrogens is 326 g/mol. The molecule has 0 aromatic carbocycles. The van der Waals surface area contributed by atoms with Gasteiger partial charge in [0.1, 0.15) is 6.04 Å². The number of carbonyl (C=O) groups excluding carboxylic acids is 1. The van der Waals surface area contributed by atoms with Gasteiger partial charge in [0.25, 0.3) is 0 Å². The van der Waals surface area contributed by atoms with Gasteiger partial charge in [0.05, 0.1) is 12.2 Å². The van der Waals surface area contributed by atoms with Crippen LogP contribution in [0.5, 0.6) is 0 Å². The van der Waals surface area contributed by atoms with Gasteiger partial charge in [-0.2, -0.15) is 0 Å². The third kappa shape index (κ3) is 3.47. The summed E-state index contributed by atoms with van der Waals surface area (Å²) in [6, 6.07) is -0.303. The van der Waals surface area contributed by atoms with Crippen molar-refractivity contribution in [3.63, 3.8) is 0 Å². The summed E-state index contributed by atoms with van der Waals surface area (Å²) >= 11 is 1.48. The average Bonchev–Trinajstić information content (AvgIpc) is 3.08. The number of nitrogens with one attached hydrogen (secondary N) is 1. The Balaban J connectivity index is 1.67. The highest BCUT2D eigenvalue weighted by molar-refractivity contribution is 7.15. The molecule has 24 heavy (non-hydrogen) atoms. The fourth-order valence-electron chi connectivity index (χ4n) is 4.16. The van der Waals surface area contributed by atoms with Gasteiger partial charge in [-0.15, -0.1) is 11.3 Å².